The van der Waals surface area contributed by atoms with E-state index in [1.54, 1.807) is 13.8 Å². The Bertz CT molecular complexity index is 1660. The van der Waals surface area contributed by atoms with Gasteiger partial charge < -0.3 is 24.8 Å². The maximum Gasteiger partial charge on any atom is 0.194 e. The summed E-state index contributed by atoms with van der Waals surface area (Å²) < 4.78 is 7.93. The fourth-order valence-electron chi connectivity index (χ4n) is 5.73. The molecule has 9 heteroatoms. The quantitative estimate of drug-likeness (QED) is 0.164. The number of benzene rings is 2. The zero-order chi connectivity index (χ0) is 28.9. The molecule has 3 N–H and O–H groups in total. The second-order valence-corrected chi connectivity index (χ2v) is 10.7. The van der Waals surface area contributed by atoms with E-state index in [0.717, 1.165) is 42.5 Å². The summed E-state index contributed by atoms with van der Waals surface area (Å²) in [6, 6.07) is 8.06. The highest BCUT2D eigenvalue weighted by Gasteiger charge is 2.56. The first kappa shape index (κ1) is 27.2. The van der Waals surface area contributed by atoms with E-state index in [-0.39, 0.29) is 39.5 Å². The molecular weight excluding hydrogens is 510 g/mol. The van der Waals surface area contributed by atoms with Crippen LogP contribution in [-0.2, 0) is 28.5 Å². The summed E-state index contributed by atoms with van der Waals surface area (Å²) in [5, 5.41) is 24.7. The lowest BCUT2D eigenvalue weighted by Gasteiger charge is -2.29. The number of aromatic hydroxyl groups is 2. The Morgan fingerprint density at radius 1 is 1.10 bits per heavy atom. The third kappa shape index (κ3) is 4.08. The fraction of sp³-hybridized carbons (Fsp3) is 0.355. The molecule has 0 unspecified atom stereocenters. The summed E-state index contributed by atoms with van der Waals surface area (Å²) in [4.78, 5) is 44.0. The van der Waals surface area contributed by atoms with Crippen LogP contribution in [0.1, 0.15) is 67.3 Å². The number of hydrogen-bond donors (Lipinski definition) is 3. The second kappa shape index (κ2) is 9.97. The van der Waals surface area contributed by atoms with Crippen LogP contribution in [0.2, 0.25) is 0 Å². The number of carbonyl (C=O) groups excluding carboxylic acids is 3. The molecule has 0 fully saturated rings. The van der Waals surface area contributed by atoms with Crippen LogP contribution < -0.4 is 10.1 Å². The van der Waals surface area contributed by atoms with Gasteiger partial charge in [0.25, 0.3) is 0 Å². The number of phenols is 2. The van der Waals surface area contributed by atoms with Gasteiger partial charge in [0.2, 0.25) is 0 Å². The van der Waals surface area contributed by atoms with E-state index in [1.165, 1.54) is 19.9 Å². The van der Waals surface area contributed by atoms with Gasteiger partial charge in [0.05, 0.1) is 22.2 Å². The number of ether oxygens (including phenoxy) is 1. The molecule has 208 valence electrons. The molecule has 1 aromatic heterocycles. The highest BCUT2D eigenvalue weighted by Crippen LogP contribution is 2.57. The van der Waals surface area contributed by atoms with Gasteiger partial charge in [0.15, 0.2) is 17.3 Å². The summed E-state index contributed by atoms with van der Waals surface area (Å²) in [6.45, 7) is 6.55. The van der Waals surface area contributed by atoms with E-state index in [0.29, 0.717) is 12.2 Å². The Balaban J connectivity index is 1.30. The van der Waals surface area contributed by atoms with Crippen molar-refractivity contribution in [2.75, 3.05) is 6.54 Å². The van der Waals surface area contributed by atoms with Crippen molar-refractivity contribution in [3.05, 3.63) is 69.9 Å². The zero-order valence-corrected chi connectivity index (χ0v) is 23.3. The minimum atomic E-state index is -1.51. The monoisotopic (exact) mass is 543 g/mol. The van der Waals surface area contributed by atoms with Crippen molar-refractivity contribution in [3.8, 4) is 17.2 Å². The molecule has 1 aliphatic heterocycles. The third-order valence-corrected chi connectivity index (χ3v) is 8.11. The number of imidazole rings is 1. The van der Waals surface area contributed by atoms with Crippen LogP contribution in [0.5, 0.6) is 17.2 Å². The molecule has 5 rings (SSSR count). The lowest BCUT2D eigenvalue weighted by Crippen LogP contribution is -2.41. The van der Waals surface area contributed by atoms with E-state index < -0.39 is 28.5 Å². The third-order valence-electron chi connectivity index (χ3n) is 8.11. The molecule has 2 heterocycles. The van der Waals surface area contributed by atoms with Crippen LogP contribution >= 0.6 is 0 Å². The van der Waals surface area contributed by atoms with Gasteiger partial charge in [-0.15, -0.1) is 0 Å². The maximum absolute atomic E-state index is 13.9. The predicted molar refractivity (Wildman–Crippen MR) is 150 cm³/mol. The normalized spacial score (nSPS) is 19.3. The molecule has 0 amide bonds. The molecule has 0 radical (unpaired) electrons. The number of unbranched alkanes of at least 4 members (excludes halogenated alkanes) is 2. The number of carbonyl (C=O) groups is 3. The van der Waals surface area contributed by atoms with Crippen LogP contribution in [0, 0.1) is 6.92 Å². The average molecular weight is 544 g/mol. The SMILES string of the molecule is CC(=O)c1c(O)c(C)c(O)c2c1OC1=CC(=O)/C(=C(/C)NCCCCCc3nc4ccccc4n3C)C(=O)[C@@]12C. The van der Waals surface area contributed by atoms with Gasteiger partial charge in [-0.1, -0.05) is 18.6 Å². The van der Waals surface area contributed by atoms with Crippen molar-refractivity contribution >= 4 is 28.4 Å². The summed E-state index contributed by atoms with van der Waals surface area (Å²) in [5.74, 6) is -1.29. The van der Waals surface area contributed by atoms with Crippen LogP contribution in [0.3, 0.4) is 0 Å². The number of rotatable bonds is 8. The number of allylic oxidation sites excluding steroid dienone is 4. The second-order valence-electron chi connectivity index (χ2n) is 10.7. The maximum atomic E-state index is 13.9. The molecule has 3 aromatic rings. The number of aryl methyl sites for hydroxylation is 2. The van der Waals surface area contributed by atoms with Crippen molar-refractivity contribution in [2.24, 2.45) is 7.05 Å². The number of aromatic nitrogens is 2. The highest BCUT2D eigenvalue weighted by molar-refractivity contribution is 6.31. The van der Waals surface area contributed by atoms with E-state index in [1.807, 2.05) is 25.2 Å². The van der Waals surface area contributed by atoms with Gasteiger partial charge in [-0.3, -0.25) is 14.4 Å². The fourth-order valence-corrected chi connectivity index (χ4v) is 5.73. The molecule has 2 aliphatic rings. The Hall–Kier alpha value is -4.40. The van der Waals surface area contributed by atoms with Crippen LogP contribution in [-0.4, -0.2) is 43.7 Å². The molecule has 9 nitrogen and oxygen atoms in total. The number of para-hydroxylation sites is 2. The Kier molecular flexibility index (Phi) is 6.77. The molecule has 1 atom stereocenters. The summed E-state index contributed by atoms with van der Waals surface area (Å²) in [5.41, 5.74) is 1.05. The first-order chi connectivity index (χ1) is 19.0. The van der Waals surface area contributed by atoms with Crippen molar-refractivity contribution in [1.29, 1.82) is 0 Å². The number of nitrogens with zero attached hydrogens (tertiary/aromatic N) is 2. The summed E-state index contributed by atoms with van der Waals surface area (Å²) >= 11 is 0. The van der Waals surface area contributed by atoms with E-state index in [2.05, 4.69) is 16.0 Å². The van der Waals surface area contributed by atoms with Crippen LogP contribution in [0.15, 0.2) is 47.4 Å². The lowest BCUT2D eigenvalue weighted by atomic mass is 9.70. The lowest BCUT2D eigenvalue weighted by molar-refractivity contribution is -0.123. The number of phenolic OH excluding ortho intramolecular Hbond substituents is 2. The number of fused-ring (bicyclic) bond motifs is 4. The molecule has 2 aromatic carbocycles. The van der Waals surface area contributed by atoms with Gasteiger partial charge in [0.1, 0.15) is 39.8 Å². The number of Topliss-reactive ketones (excluding diaryl/α,β-unsaturated/α-hetero) is 2. The van der Waals surface area contributed by atoms with Gasteiger partial charge in [-0.05, 0) is 52.7 Å². The number of nitrogens with one attached hydrogen (secondary N) is 1. The Labute approximate surface area is 232 Å². The molecular formula is C31H33N3O6. The van der Waals surface area contributed by atoms with Crippen molar-refractivity contribution < 1.29 is 29.3 Å². The molecule has 0 bridgehead atoms. The summed E-state index contributed by atoms with van der Waals surface area (Å²) in [6.07, 6.45) is 4.81. The standard InChI is InChI=1S/C31H33N3O6/c1-16-27(37)25(18(3)35)29-26(28(16)38)31(4)22(40-29)15-21(36)24(30(31)39)17(2)32-14-10-6-7-13-23-33-19-11-8-9-12-20(19)34(23)5/h8-9,11-12,15,32,37-38H,6-7,10,13-14H2,1-5H3/b24-17+/t31-/m0/s1. The topological polar surface area (TPSA) is 131 Å². The molecule has 0 saturated carbocycles. The average Bonchev–Trinajstić information content (AvgIpc) is 3.39. The Morgan fingerprint density at radius 3 is 2.52 bits per heavy atom. The zero-order valence-electron chi connectivity index (χ0n) is 23.3. The van der Waals surface area contributed by atoms with Crippen LogP contribution in [0.4, 0.5) is 0 Å². The van der Waals surface area contributed by atoms with Gasteiger partial charge >= 0.3 is 0 Å². The van der Waals surface area contributed by atoms with Gasteiger partial charge in [-0.25, -0.2) is 4.98 Å². The van der Waals surface area contributed by atoms with Crippen molar-refractivity contribution in [3.63, 3.8) is 0 Å². The smallest absolute Gasteiger partial charge is 0.194 e. The van der Waals surface area contributed by atoms with E-state index in [4.69, 9.17) is 9.72 Å². The minimum absolute atomic E-state index is 0.0168. The number of hydrogen-bond acceptors (Lipinski definition) is 8. The van der Waals surface area contributed by atoms with Gasteiger partial charge in [0, 0.05) is 37.3 Å². The number of ketones is 3. The molecule has 1 aliphatic carbocycles. The summed E-state index contributed by atoms with van der Waals surface area (Å²) in [7, 11) is 2.03. The van der Waals surface area contributed by atoms with Gasteiger partial charge in [-0.2, -0.15) is 0 Å². The first-order valence-electron chi connectivity index (χ1n) is 13.4. The first-order valence-corrected chi connectivity index (χ1v) is 13.4. The van der Waals surface area contributed by atoms with Crippen molar-refractivity contribution in [1.82, 2.24) is 14.9 Å². The molecule has 0 spiro atoms. The van der Waals surface area contributed by atoms with E-state index in [9.17, 15) is 24.6 Å². The predicted octanol–water partition coefficient (Wildman–Crippen LogP) is 4.46. The van der Waals surface area contributed by atoms with E-state index >= 15 is 0 Å². The Morgan fingerprint density at radius 2 is 1.82 bits per heavy atom. The largest absolute Gasteiger partial charge is 0.507 e. The van der Waals surface area contributed by atoms with Crippen LogP contribution in [0.25, 0.3) is 11.0 Å². The molecule has 40 heavy (non-hydrogen) atoms. The van der Waals surface area contributed by atoms with Crippen molar-refractivity contribution in [2.45, 2.75) is 58.8 Å². The minimum Gasteiger partial charge on any atom is -0.507 e. The molecule has 0 saturated heterocycles. The highest BCUT2D eigenvalue weighted by atomic mass is 16.5.